The number of benzene rings is 3. The molecule has 0 aliphatic carbocycles. The quantitative estimate of drug-likeness (QED) is 0.130. The summed E-state index contributed by atoms with van der Waals surface area (Å²) in [5.74, 6) is 2.61. The molecule has 0 N–H and O–H groups in total. The first kappa shape index (κ1) is 32.3. The van der Waals surface area contributed by atoms with Gasteiger partial charge in [-0.05, 0) is 128 Å². The van der Waals surface area contributed by atoms with Gasteiger partial charge in [-0.3, -0.25) is 0 Å². The van der Waals surface area contributed by atoms with Crippen molar-refractivity contribution < 1.29 is 14.2 Å². The minimum Gasteiger partial charge on any atom is -0.494 e. The standard InChI is InChI=1S/C36H48N4O3/c1-38(2)20-7-23-41-31-14-10-28(11-15-31)34-27-30-26-33(43-25-9-22-40(5)6)18-19-35(30)37-36(34)29-12-16-32(17-13-29)42-24-8-21-39(3)4/h10-19,26-27H,7-9,20-25H2,1-6H3. The van der Waals surface area contributed by atoms with E-state index in [0.717, 1.165) is 89.4 Å². The van der Waals surface area contributed by atoms with Gasteiger partial charge in [0.2, 0.25) is 0 Å². The molecule has 0 unspecified atom stereocenters. The molecule has 0 radical (unpaired) electrons. The summed E-state index contributed by atoms with van der Waals surface area (Å²) >= 11 is 0. The highest BCUT2D eigenvalue weighted by atomic mass is 16.5. The third-order valence-electron chi connectivity index (χ3n) is 7.13. The molecule has 0 spiro atoms. The maximum absolute atomic E-state index is 6.08. The van der Waals surface area contributed by atoms with Crippen LogP contribution in [0.2, 0.25) is 0 Å². The smallest absolute Gasteiger partial charge is 0.120 e. The van der Waals surface area contributed by atoms with Crippen molar-refractivity contribution in [3.63, 3.8) is 0 Å². The lowest BCUT2D eigenvalue weighted by molar-refractivity contribution is 0.281. The van der Waals surface area contributed by atoms with E-state index in [-0.39, 0.29) is 0 Å². The van der Waals surface area contributed by atoms with E-state index in [2.05, 4.69) is 99.5 Å². The van der Waals surface area contributed by atoms with Gasteiger partial charge in [0.1, 0.15) is 17.2 Å². The van der Waals surface area contributed by atoms with Crippen LogP contribution < -0.4 is 14.2 Å². The van der Waals surface area contributed by atoms with Crippen molar-refractivity contribution in [3.8, 4) is 39.6 Å². The number of ether oxygens (including phenoxy) is 3. The van der Waals surface area contributed by atoms with E-state index in [1.807, 2.05) is 30.3 Å². The van der Waals surface area contributed by atoms with Crippen LogP contribution in [0.25, 0.3) is 33.3 Å². The first-order valence-corrected chi connectivity index (χ1v) is 15.3. The molecule has 0 aliphatic rings. The van der Waals surface area contributed by atoms with E-state index in [4.69, 9.17) is 19.2 Å². The minimum atomic E-state index is 0.682. The lowest BCUT2D eigenvalue weighted by Gasteiger charge is -2.15. The highest BCUT2D eigenvalue weighted by Gasteiger charge is 2.13. The molecule has 43 heavy (non-hydrogen) atoms. The van der Waals surface area contributed by atoms with Gasteiger partial charge in [0, 0.05) is 36.1 Å². The number of aromatic nitrogens is 1. The van der Waals surface area contributed by atoms with Gasteiger partial charge in [0.05, 0.1) is 31.0 Å². The summed E-state index contributed by atoms with van der Waals surface area (Å²) in [7, 11) is 12.5. The minimum absolute atomic E-state index is 0.682. The summed E-state index contributed by atoms with van der Waals surface area (Å²) in [6.07, 6.45) is 2.96. The first-order valence-electron chi connectivity index (χ1n) is 15.3. The van der Waals surface area contributed by atoms with Crippen LogP contribution >= 0.6 is 0 Å². The largest absolute Gasteiger partial charge is 0.494 e. The van der Waals surface area contributed by atoms with E-state index in [9.17, 15) is 0 Å². The van der Waals surface area contributed by atoms with Gasteiger partial charge in [0.15, 0.2) is 0 Å². The number of pyridine rings is 1. The molecular formula is C36H48N4O3. The molecule has 3 aromatic carbocycles. The Morgan fingerprint density at radius 1 is 0.512 bits per heavy atom. The number of nitrogens with zero attached hydrogens (tertiary/aromatic N) is 4. The first-order chi connectivity index (χ1) is 20.8. The molecule has 0 saturated carbocycles. The summed E-state index contributed by atoms with van der Waals surface area (Å²) in [5.41, 5.74) is 5.07. The van der Waals surface area contributed by atoms with Gasteiger partial charge in [-0.1, -0.05) is 12.1 Å². The second-order valence-corrected chi connectivity index (χ2v) is 11.8. The van der Waals surface area contributed by atoms with Gasteiger partial charge in [-0.15, -0.1) is 0 Å². The molecule has 0 aliphatic heterocycles. The molecule has 7 heteroatoms. The van der Waals surface area contributed by atoms with Crippen molar-refractivity contribution in [2.75, 3.05) is 81.7 Å². The van der Waals surface area contributed by atoms with Gasteiger partial charge < -0.3 is 28.9 Å². The Hall–Kier alpha value is -3.65. The van der Waals surface area contributed by atoms with Crippen LogP contribution in [-0.2, 0) is 0 Å². The SMILES string of the molecule is CN(C)CCCOc1ccc(-c2cc3cc(OCCCN(C)C)ccc3nc2-c2ccc(OCCCN(C)C)cc2)cc1. The van der Waals surface area contributed by atoms with Gasteiger partial charge in [0.25, 0.3) is 0 Å². The second kappa shape index (κ2) is 16.3. The average molecular weight is 585 g/mol. The summed E-state index contributed by atoms with van der Waals surface area (Å²) in [5, 5.41) is 1.05. The third-order valence-corrected chi connectivity index (χ3v) is 7.13. The van der Waals surface area contributed by atoms with Crippen LogP contribution in [0.3, 0.4) is 0 Å². The molecular weight excluding hydrogens is 536 g/mol. The Morgan fingerprint density at radius 3 is 1.44 bits per heavy atom. The van der Waals surface area contributed by atoms with E-state index in [1.54, 1.807) is 0 Å². The Labute approximate surface area is 258 Å². The van der Waals surface area contributed by atoms with Crippen molar-refractivity contribution in [2.45, 2.75) is 19.3 Å². The molecule has 4 rings (SSSR count). The molecule has 0 atom stereocenters. The predicted octanol–water partition coefficient (Wildman–Crippen LogP) is 6.56. The lowest BCUT2D eigenvalue weighted by atomic mass is 9.97. The van der Waals surface area contributed by atoms with Crippen LogP contribution in [0.4, 0.5) is 0 Å². The third kappa shape index (κ3) is 10.2. The van der Waals surface area contributed by atoms with Crippen molar-refractivity contribution in [1.82, 2.24) is 19.7 Å². The molecule has 1 aromatic heterocycles. The zero-order valence-electron chi connectivity index (χ0n) is 26.8. The molecule has 7 nitrogen and oxygen atoms in total. The Kier molecular flexibility index (Phi) is 12.2. The normalized spacial score (nSPS) is 11.6. The molecule has 0 amide bonds. The zero-order chi connectivity index (χ0) is 30.6. The van der Waals surface area contributed by atoms with Crippen molar-refractivity contribution >= 4 is 10.9 Å². The maximum Gasteiger partial charge on any atom is 0.120 e. The van der Waals surface area contributed by atoms with E-state index in [1.165, 1.54) is 0 Å². The fourth-order valence-corrected chi connectivity index (χ4v) is 4.84. The van der Waals surface area contributed by atoms with E-state index < -0.39 is 0 Å². The van der Waals surface area contributed by atoms with Crippen molar-refractivity contribution in [2.24, 2.45) is 0 Å². The Balaban J connectivity index is 1.59. The average Bonchev–Trinajstić information content (AvgIpc) is 2.99. The molecule has 230 valence electrons. The summed E-state index contributed by atoms with van der Waals surface area (Å²) < 4.78 is 18.1. The van der Waals surface area contributed by atoms with Crippen LogP contribution in [0.1, 0.15) is 19.3 Å². The second-order valence-electron chi connectivity index (χ2n) is 11.8. The summed E-state index contributed by atoms with van der Waals surface area (Å²) in [4.78, 5) is 11.7. The van der Waals surface area contributed by atoms with E-state index >= 15 is 0 Å². The Morgan fingerprint density at radius 2 is 0.953 bits per heavy atom. The lowest BCUT2D eigenvalue weighted by Crippen LogP contribution is -2.15. The van der Waals surface area contributed by atoms with Gasteiger partial charge >= 0.3 is 0 Å². The number of hydrogen-bond donors (Lipinski definition) is 0. The molecule has 1 heterocycles. The summed E-state index contributed by atoms with van der Waals surface area (Å²) in [6.45, 7) is 5.08. The van der Waals surface area contributed by atoms with Crippen LogP contribution in [0.15, 0.2) is 72.8 Å². The fraction of sp³-hybridized carbons (Fsp3) is 0.417. The highest BCUT2D eigenvalue weighted by molar-refractivity contribution is 5.92. The Bertz CT molecular complexity index is 1400. The number of rotatable bonds is 17. The van der Waals surface area contributed by atoms with Crippen LogP contribution in [0.5, 0.6) is 17.2 Å². The molecule has 4 aromatic rings. The molecule has 0 saturated heterocycles. The van der Waals surface area contributed by atoms with E-state index in [0.29, 0.717) is 19.8 Å². The van der Waals surface area contributed by atoms with Crippen LogP contribution in [0, 0.1) is 0 Å². The van der Waals surface area contributed by atoms with Gasteiger partial charge in [-0.2, -0.15) is 0 Å². The fourth-order valence-electron chi connectivity index (χ4n) is 4.84. The van der Waals surface area contributed by atoms with Crippen molar-refractivity contribution in [3.05, 3.63) is 72.8 Å². The molecule has 0 fully saturated rings. The molecule has 0 bridgehead atoms. The van der Waals surface area contributed by atoms with Crippen molar-refractivity contribution in [1.29, 1.82) is 0 Å². The number of hydrogen-bond acceptors (Lipinski definition) is 7. The monoisotopic (exact) mass is 584 g/mol. The predicted molar refractivity (Wildman–Crippen MR) is 179 cm³/mol. The zero-order valence-corrected chi connectivity index (χ0v) is 26.8. The topological polar surface area (TPSA) is 50.3 Å². The van der Waals surface area contributed by atoms with Crippen LogP contribution in [-0.4, -0.2) is 101 Å². The highest BCUT2D eigenvalue weighted by Crippen LogP contribution is 2.36. The number of fused-ring (bicyclic) bond motifs is 1. The van der Waals surface area contributed by atoms with Gasteiger partial charge in [-0.25, -0.2) is 4.98 Å². The maximum atomic E-state index is 6.08. The summed E-state index contributed by atoms with van der Waals surface area (Å²) in [6, 6.07) is 25.0.